The van der Waals surface area contributed by atoms with Crippen molar-refractivity contribution in [3.05, 3.63) is 43.0 Å². The van der Waals surface area contributed by atoms with Crippen LogP contribution in [0.4, 0.5) is 5.69 Å². The molecule has 0 aliphatic carbocycles. The van der Waals surface area contributed by atoms with Crippen molar-refractivity contribution < 1.29 is 9.59 Å². The Hall–Kier alpha value is -2.08. The van der Waals surface area contributed by atoms with E-state index < -0.39 is 0 Å². The Morgan fingerprint density at radius 3 is 2.68 bits per heavy atom. The first-order valence-corrected chi connectivity index (χ1v) is 8.14. The fourth-order valence-electron chi connectivity index (χ4n) is 2.59. The SMILES string of the molecule is CC(=O)SCC1CC(=O)N(c2ccc(-n3ccnc3)cc2)C1. The van der Waals surface area contributed by atoms with Gasteiger partial charge in [-0.3, -0.25) is 9.59 Å². The van der Waals surface area contributed by atoms with Gasteiger partial charge in [0, 0.05) is 49.4 Å². The number of carbonyl (C=O) groups excluding carboxylic acids is 2. The maximum absolute atomic E-state index is 12.2. The molecule has 2 aromatic rings. The van der Waals surface area contributed by atoms with Gasteiger partial charge in [0.05, 0.1) is 6.33 Å². The minimum absolute atomic E-state index is 0.107. The van der Waals surface area contributed by atoms with Gasteiger partial charge in [0.15, 0.2) is 5.12 Å². The molecule has 0 radical (unpaired) electrons. The molecule has 0 saturated carbocycles. The van der Waals surface area contributed by atoms with E-state index in [2.05, 4.69) is 4.98 Å². The standard InChI is InChI=1S/C16H17N3O2S/c1-12(20)22-10-13-8-16(21)19(9-13)15-4-2-14(3-5-15)18-7-6-17-11-18/h2-7,11,13H,8-10H2,1H3. The molecule has 1 unspecified atom stereocenters. The van der Waals surface area contributed by atoms with E-state index in [0.717, 1.165) is 11.4 Å². The number of aromatic nitrogens is 2. The maximum Gasteiger partial charge on any atom is 0.227 e. The summed E-state index contributed by atoms with van der Waals surface area (Å²) < 4.78 is 1.92. The molecule has 1 aliphatic heterocycles. The molecule has 1 saturated heterocycles. The minimum Gasteiger partial charge on any atom is -0.312 e. The molecule has 1 aliphatic rings. The van der Waals surface area contributed by atoms with Crippen LogP contribution in [-0.2, 0) is 9.59 Å². The number of imidazole rings is 1. The summed E-state index contributed by atoms with van der Waals surface area (Å²) in [6, 6.07) is 7.85. The van der Waals surface area contributed by atoms with E-state index in [-0.39, 0.29) is 16.9 Å². The number of carbonyl (C=O) groups is 2. The van der Waals surface area contributed by atoms with Gasteiger partial charge in [-0.15, -0.1) is 0 Å². The van der Waals surface area contributed by atoms with Crippen LogP contribution in [0.15, 0.2) is 43.0 Å². The molecule has 2 heterocycles. The first-order valence-electron chi connectivity index (χ1n) is 7.15. The predicted molar refractivity (Wildman–Crippen MR) is 87.2 cm³/mol. The molecule has 1 aromatic heterocycles. The van der Waals surface area contributed by atoms with E-state index in [1.165, 1.54) is 11.8 Å². The Kier molecular flexibility index (Phi) is 4.29. The van der Waals surface area contributed by atoms with Crippen LogP contribution in [0, 0.1) is 5.92 Å². The van der Waals surface area contributed by atoms with Gasteiger partial charge < -0.3 is 9.47 Å². The Morgan fingerprint density at radius 2 is 2.05 bits per heavy atom. The summed E-state index contributed by atoms with van der Waals surface area (Å²) in [4.78, 5) is 29.0. The van der Waals surface area contributed by atoms with Gasteiger partial charge in [0.1, 0.15) is 0 Å². The molecule has 1 amide bonds. The van der Waals surface area contributed by atoms with Gasteiger partial charge in [0.25, 0.3) is 0 Å². The zero-order valence-electron chi connectivity index (χ0n) is 12.3. The predicted octanol–water partition coefficient (Wildman–Crippen LogP) is 2.50. The Bertz CT molecular complexity index is 667. The lowest BCUT2D eigenvalue weighted by molar-refractivity contribution is -0.117. The summed E-state index contributed by atoms with van der Waals surface area (Å²) >= 11 is 1.30. The monoisotopic (exact) mass is 315 g/mol. The van der Waals surface area contributed by atoms with Crippen LogP contribution in [-0.4, -0.2) is 32.9 Å². The number of hydrogen-bond donors (Lipinski definition) is 0. The van der Waals surface area contributed by atoms with Crippen molar-refractivity contribution in [3.8, 4) is 5.69 Å². The zero-order chi connectivity index (χ0) is 15.5. The number of rotatable bonds is 4. The van der Waals surface area contributed by atoms with Crippen LogP contribution < -0.4 is 4.90 Å². The molecule has 0 N–H and O–H groups in total. The Labute approximate surface area is 133 Å². The van der Waals surface area contributed by atoms with Gasteiger partial charge in [-0.05, 0) is 30.2 Å². The summed E-state index contributed by atoms with van der Waals surface area (Å²) in [5.74, 6) is 1.09. The highest BCUT2D eigenvalue weighted by Gasteiger charge is 2.30. The van der Waals surface area contributed by atoms with Crippen molar-refractivity contribution in [1.29, 1.82) is 0 Å². The van der Waals surface area contributed by atoms with E-state index in [0.29, 0.717) is 18.7 Å². The molecule has 3 rings (SSSR count). The van der Waals surface area contributed by atoms with Crippen molar-refractivity contribution in [2.45, 2.75) is 13.3 Å². The number of benzene rings is 1. The molecule has 1 fully saturated rings. The van der Waals surface area contributed by atoms with Crippen LogP contribution in [0.2, 0.25) is 0 Å². The van der Waals surface area contributed by atoms with E-state index >= 15 is 0 Å². The number of hydrogen-bond acceptors (Lipinski definition) is 4. The van der Waals surface area contributed by atoms with E-state index in [1.807, 2.05) is 39.9 Å². The second kappa shape index (κ2) is 6.36. The lowest BCUT2D eigenvalue weighted by Crippen LogP contribution is -2.24. The highest BCUT2D eigenvalue weighted by atomic mass is 32.2. The molecule has 114 valence electrons. The van der Waals surface area contributed by atoms with Crippen molar-refractivity contribution >= 4 is 28.5 Å². The molecule has 6 heteroatoms. The van der Waals surface area contributed by atoms with Crippen LogP contribution in [0.3, 0.4) is 0 Å². The van der Waals surface area contributed by atoms with E-state index in [1.54, 1.807) is 19.4 Å². The quantitative estimate of drug-likeness (QED) is 0.870. The second-order valence-corrected chi connectivity index (χ2v) is 6.56. The molecule has 0 spiro atoms. The highest BCUT2D eigenvalue weighted by molar-refractivity contribution is 8.13. The fraction of sp³-hybridized carbons (Fsp3) is 0.312. The minimum atomic E-state index is 0.107. The highest BCUT2D eigenvalue weighted by Crippen LogP contribution is 2.28. The molecule has 1 aromatic carbocycles. The average molecular weight is 315 g/mol. The van der Waals surface area contributed by atoms with Gasteiger partial charge >= 0.3 is 0 Å². The molecular formula is C16H17N3O2S. The van der Waals surface area contributed by atoms with Gasteiger partial charge in [-0.1, -0.05) is 11.8 Å². The third-order valence-corrected chi connectivity index (χ3v) is 4.74. The molecule has 5 nitrogen and oxygen atoms in total. The maximum atomic E-state index is 12.2. The fourth-order valence-corrected chi connectivity index (χ4v) is 3.29. The normalized spacial score (nSPS) is 18.0. The molecule has 0 bridgehead atoms. The Morgan fingerprint density at radius 1 is 1.32 bits per heavy atom. The van der Waals surface area contributed by atoms with E-state index in [4.69, 9.17) is 0 Å². The van der Waals surface area contributed by atoms with Gasteiger partial charge in [-0.25, -0.2) is 4.98 Å². The molecule has 22 heavy (non-hydrogen) atoms. The Balaban J connectivity index is 1.69. The third-order valence-electron chi connectivity index (χ3n) is 3.69. The third kappa shape index (κ3) is 3.22. The topological polar surface area (TPSA) is 55.2 Å². The smallest absolute Gasteiger partial charge is 0.227 e. The van der Waals surface area contributed by atoms with Gasteiger partial charge in [-0.2, -0.15) is 0 Å². The van der Waals surface area contributed by atoms with Crippen molar-refractivity contribution in [1.82, 2.24) is 9.55 Å². The van der Waals surface area contributed by atoms with Crippen LogP contribution >= 0.6 is 11.8 Å². The summed E-state index contributed by atoms with van der Waals surface area (Å²) in [6.07, 6.45) is 5.87. The van der Waals surface area contributed by atoms with Crippen LogP contribution in [0.1, 0.15) is 13.3 Å². The average Bonchev–Trinajstić information content (AvgIpc) is 3.15. The molecule has 1 atom stereocenters. The van der Waals surface area contributed by atoms with Crippen molar-refractivity contribution in [3.63, 3.8) is 0 Å². The lowest BCUT2D eigenvalue weighted by Gasteiger charge is -2.17. The summed E-state index contributed by atoms with van der Waals surface area (Å²) in [5, 5.41) is 0.107. The summed E-state index contributed by atoms with van der Waals surface area (Å²) in [5.41, 5.74) is 1.92. The van der Waals surface area contributed by atoms with Gasteiger partial charge in [0.2, 0.25) is 5.91 Å². The molecular weight excluding hydrogens is 298 g/mol. The lowest BCUT2D eigenvalue weighted by atomic mass is 10.1. The number of nitrogens with zero attached hydrogens (tertiary/aromatic N) is 3. The second-order valence-electron chi connectivity index (χ2n) is 5.36. The zero-order valence-corrected chi connectivity index (χ0v) is 13.1. The summed E-state index contributed by atoms with van der Waals surface area (Å²) in [7, 11) is 0. The van der Waals surface area contributed by atoms with Crippen molar-refractivity contribution in [2.75, 3.05) is 17.2 Å². The number of amides is 1. The first kappa shape index (κ1) is 14.8. The first-order chi connectivity index (χ1) is 10.6. The van der Waals surface area contributed by atoms with E-state index in [9.17, 15) is 9.59 Å². The number of thioether (sulfide) groups is 1. The number of anilines is 1. The largest absolute Gasteiger partial charge is 0.312 e. The van der Waals surface area contributed by atoms with Crippen LogP contribution in [0.25, 0.3) is 5.69 Å². The summed E-state index contributed by atoms with van der Waals surface area (Å²) in [6.45, 7) is 2.25. The van der Waals surface area contributed by atoms with Crippen LogP contribution in [0.5, 0.6) is 0 Å². The van der Waals surface area contributed by atoms with Crippen molar-refractivity contribution in [2.24, 2.45) is 5.92 Å².